The molecule has 0 heterocycles. The molecule has 0 radical (unpaired) electrons. The summed E-state index contributed by atoms with van der Waals surface area (Å²) in [7, 11) is 0. The van der Waals surface area contributed by atoms with Gasteiger partial charge in [-0.25, -0.2) is 0 Å². The lowest BCUT2D eigenvalue weighted by atomic mass is 10.0. The molecule has 0 aromatic heterocycles. The molecule has 0 amide bonds. The van der Waals surface area contributed by atoms with Crippen molar-refractivity contribution >= 4 is 17.9 Å². The zero-order valence-corrected chi connectivity index (χ0v) is 43.6. The molecular formula is C58H112O6. The van der Waals surface area contributed by atoms with Crippen LogP contribution >= 0.6 is 0 Å². The lowest BCUT2D eigenvalue weighted by Crippen LogP contribution is -2.30. The Balaban J connectivity index is 4.23. The van der Waals surface area contributed by atoms with E-state index in [1.165, 1.54) is 238 Å². The monoisotopic (exact) mass is 905 g/mol. The van der Waals surface area contributed by atoms with Crippen LogP contribution < -0.4 is 0 Å². The Kier molecular flexibility index (Phi) is 52.7. The molecular weight excluding hydrogens is 793 g/mol. The summed E-state index contributed by atoms with van der Waals surface area (Å²) in [5.74, 6) is -0.834. The van der Waals surface area contributed by atoms with Crippen LogP contribution in [0, 0.1) is 0 Å². The average molecular weight is 906 g/mol. The van der Waals surface area contributed by atoms with Gasteiger partial charge >= 0.3 is 17.9 Å². The smallest absolute Gasteiger partial charge is 0.306 e. The van der Waals surface area contributed by atoms with Crippen molar-refractivity contribution in [3.05, 3.63) is 0 Å². The van der Waals surface area contributed by atoms with Crippen molar-refractivity contribution < 1.29 is 28.6 Å². The van der Waals surface area contributed by atoms with E-state index in [1.807, 2.05) is 0 Å². The van der Waals surface area contributed by atoms with Gasteiger partial charge in [0, 0.05) is 19.3 Å². The quantitative estimate of drug-likeness (QED) is 0.0344. The Hall–Kier alpha value is -1.59. The molecule has 0 unspecified atom stereocenters. The molecule has 0 aromatic rings. The third-order valence-corrected chi connectivity index (χ3v) is 13.4. The number of hydrogen-bond acceptors (Lipinski definition) is 6. The summed E-state index contributed by atoms with van der Waals surface area (Å²) in [5.41, 5.74) is 0. The molecule has 0 bridgehead atoms. The van der Waals surface area contributed by atoms with Gasteiger partial charge < -0.3 is 14.2 Å². The zero-order chi connectivity index (χ0) is 46.5. The highest BCUT2D eigenvalue weighted by Gasteiger charge is 2.19. The molecule has 0 N–H and O–H groups in total. The second-order valence-electron chi connectivity index (χ2n) is 19.9. The van der Waals surface area contributed by atoms with Crippen LogP contribution in [0.1, 0.15) is 335 Å². The average Bonchev–Trinajstić information content (AvgIpc) is 3.29. The van der Waals surface area contributed by atoms with Crippen molar-refractivity contribution in [1.82, 2.24) is 0 Å². The van der Waals surface area contributed by atoms with Crippen LogP contribution in [0.25, 0.3) is 0 Å². The molecule has 64 heavy (non-hydrogen) atoms. The molecule has 0 fully saturated rings. The van der Waals surface area contributed by atoms with E-state index in [0.717, 1.165) is 57.8 Å². The molecule has 6 heteroatoms. The molecule has 0 saturated heterocycles. The van der Waals surface area contributed by atoms with Gasteiger partial charge in [0.05, 0.1) is 0 Å². The normalized spacial score (nSPS) is 11.9. The van der Waals surface area contributed by atoms with Crippen molar-refractivity contribution in [1.29, 1.82) is 0 Å². The zero-order valence-electron chi connectivity index (χ0n) is 43.6. The van der Waals surface area contributed by atoms with Crippen molar-refractivity contribution in [3.63, 3.8) is 0 Å². The molecule has 0 aliphatic heterocycles. The highest BCUT2D eigenvalue weighted by atomic mass is 16.6. The first-order chi connectivity index (χ1) is 31.5. The fourth-order valence-electron chi connectivity index (χ4n) is 8.98. The molecule has 0 aromatic carbocycles. The Bertz CT molecular complexity index is 951. The van der Waals surface area contributed by atoms with Crippen molar-refractivity contribution in [2.24, 2.45) is 0 Å². The minimum atomic E-state index is -0.760. The van der Waals surface area contributed by atoms with E-state index in [1.54, 1.807) is 0 Å². The van der Waals surface area contributed by atoms with Crippen LogP contribution in [0.5, 0.6) is 0 Å². The summed E-state index contributed by atoms with van der Waals surface area (Å²) in [6, 6.07) is 0. The van der Waals surface area contributed by atoms with Crippen LogP contribution in [-0.2, 0) is 28.6 Å². The van der Waals surface area contributed by atoms with Crippen LogP contribution in [0.2, 0.25) is 0 Å². The second-order valence-corrected chi connectivity index (χ2v) is 19.9. The second kappa shape index (κ2) is 54.0. The number of esters is 3. The number of carbonyl (C=O) groups is 3. The number of unbranched alkanes of at least 4 members (excludes halogenated alkanes) is 43. The van der Waals surface area contributed by atoms with Crippen molar-refractivity contribution in [2.45, 2.75) is 341 Å². The summed E-state index contributed by atoms with van der Waals surface area (Å²) in [5, 5.41) is 0. The molecule has 0 aliphatic carbocycles. The van der Waals surface area contributed by atoms with Gasteiger partial charge in [-0.2, -0.15) is 0 Å². The number of hydrogen-bond donors (Lipinski definition) is 0. The van der Waals surface area contributed by atoms with Gasteiger partial charge in [0.25, 0.3) is 0 Å². The predicted molar refractivity (Wildman–Crippen MR) is 275 cm³/mol. The Labute approximate surface area is 399 Å². The first-order valence-corrected chi connectivity index (χ1v) is 29.0. The van der Waals surface area contributed by atoms with Crippen LogP contribution in [-0.4, -0.2) is 37.2 Å². The SMILES string of the molecule is CCCCCCCCCCCCCCCCCCCCCCCC(=O)O[C@@H](COC(=O)CCCCCCCCCCCCCC)COC(=O)CCCCCCCCCCCCCCC. The molecule has 0 aliphatic rings. The summed E-state index contributed by atoms with van der Waals surface area (Å²) in [6.45, 7) is 6.70. The van der Waals surface area contributed by atoms with Crippen LogP contribution in [0.4, 0.5) is 0 Å². The van der Waals surface area contributed by atoms with E-state index in [2.05, 4.69) is 20.8 Å². The first-order valence-electron chi connectivity index (χ1n) is 29.0. The minimum absolute atomic E-state index is 0.0613. The first kappa shape index (κ1) is 62.4. The molecule has 6 nitrogen and oxygen atoms in total. The highest BCUT2D eigenvalue weighted by molar-refractivity contribution is 5.71. The molecule has 0 spiro atoms. The lowest BCUT2D eigenvalue weighted by Gasteiger charge is -2.18. The van der Waals surface area contributed by atoms with Gasteiger partial charge in [0.1, 0.15) is 13.2 Å². The number of carbonyl (C=O) groups excluding carboxylic acids is 3. The standard InChI is InChI=1S/C58H112O6/c1-4-7-10-13-16-19-22-25-26-27-28-29-30-31-32-34-37-40-43-46-49-52-58(61)64-55(53-62-56(59)50-47-44-41-38-35-24-21-18-15-12-9-6-3)54-63-57(60)51-48-45-42-39-36-33-23-20-17-14-11-8-5-2/h55H,4-54H2,1-3H3/t55-/m0/s1. The van der Waals surface area contributed by atoms with Gasteiger partial charge in [-0.05, 0) is 19.3 Å². The maximum atomic E-state index is 12.8. The maximum absolute atomic E-state index is 12.8. The van der Waals surface area contributed by atoms with Gasteiger partial charge in [-0.15, -0.1) is 0 Å². The van der Waals surface area contributed by atoms with Gasteiger partial charge in [0.2, 0.25) is 0 Å². The fraction of sp³-hybridized carbons (Fsp3) is 0.948. The molecule has 0 saturated carbocycles. The summed E-state index contributed by atoms with van der Waals surface area (Å²) < 4.78 is 16.9. The fourth-order valence-corrected chi connectivity index (χ4v) is 8.98. The lowest BCUT2D eigenvalue weighted by molar-refractivity contribution is -0.167. The number of rotatable bonds is 54. The number of ether oxygens (including phenoxy) is 3. The van der Waals surface area contributed by atoms with Gasteiger partial charge in [-0.1, -0.05) is 297 Å². The molecule has 0 rings (SSSR count). The summed E-state index contributed by atoms with van der Waals surface area (Å²) in [6.07, 6.45) is 59.5. The largest absolute Gasteiger partial charge is 0.462 e. The molecule has 380 valence electrons. The maximum Gasteiger partial charge on any atom is 0.306 e. The highest BCUT2D eigenvalue weighted by Crippen LogP contribution is 2.18. The Morgan fingerprint density at radius 1 is 0.250 bits per heavy atom. The third-order valence-electron chi connectivity index (χ3n) is 13.4. The van der Waals surface area contributed by atoms with Gasteiger partial charge in [0.15, 0.2) is 6.10 Å². The van der Waals surface area contributed by atoms with E-state index < -0.39 is 6.10 Å². The minimum Gasteiger partial charge on any atom is -0.462 e. The van der Waals surface area contributed by atoms with Crippen LogP contribution in [0.15, 0.2) is 0 Å². The Morgan fingerprint density at radius 3 is 0.625 bits per heavy atom. The van der Waals surface area contributed by atoms with E-state index in [0.29, 0.717) is 19.3 Å². The van der Waals surface area contributed by atoms with E-state index in [4.69, 9.17) is 14.2 Å². The van der Waals surface area contributed by atoms with E-state index >= 15 is 0 Å². The summed E-state index contributed by atoms with van der Waals surface area (Å²) in [4.78, 5) is 38.1. The summed E-state index contributed by atoms with van der Waals surface area (Å²) >= 11 is 0. The van der Waals surface area contributed by atoms with E-state index in [9.17, 15) is 14.4 Å². The molecule has 1 atom stereocenters. The predicted octanol–water partition coefficient (Wildman–Crippen LogP) is 19.2. The Morgan fingerprint density at radius 2 is 0.422 bits per heavy atom. The van der Waals surface area contributed by atoms with Crippen molar-refractivity contribution in [3.8, 4) is 0 Å². The topological polar surface area (TPSA) is 78.9 Å². The van der Waals surface area contributed by atoms with E-state index in [-0.39, 0.29) is 31.1 Å². The van der Waals surface area contributed by atoms with Crippen molar-refractivity contribution in [2.75, 3.05) is 13.2 Å². The van der Waals surface area contributed by atoms with Gasteiger partial charge in [-0.3, -0.25) is 14.4 Å². The third kappa shape index (κ3) is 51.4. The van der Waals surface area contributed by atoms with Crippen LogP contribution in [0.3, 0.4) is 0 Å².